The van der Waals surface area contributed by atoms with Crippen LogP contribution in [0, 0.1) is 0 Å². The molecule has 1 rings (SSSR count). The van der Waals surface area contributed by atoms with E-state index >= 15 is 0 Å². The van der Waals surface area contributed by atoms with Crippen LogP contribution in [0.5, 0.6) is 0 Å². The minimum Gasteiger partial charge on any atom is -0.465 e. The van der Waals surface area contributed by atoms with E-state index in [0.29, 0.717) is 13.0 Å². The van der Waals surface area contributed by atoms with Gasteiger partial charge in [0, 0.05) is 12.0 Å². The lowest BCUT2D eigenvalue weighted by molar-refractivity contribution is -0.146. The molecule has 20 heavy (non-hydrogen) atoms. The lowest BCUT2D eigenvalue weighted by Gasteiger charge is -2.07. The smallest absolute Gasteiger partial charge is 0.334 e. The van der Waals surface area contributed by atoms with Crippen LogP contribution >= 0.6 is 0 Å². The topological polar surface area (TPSA) is 52.6 Å². The maximum Gasteiger partial charge on any atom is 0.334 e. The molecule has 0 bridgehead atoms. The quantitative estimate of drug-likeness (QED) is 0.541. The van der Waals surface area contributed by atoms with Crippen molar-refractivity contribution in [1.82, 2.24) is 0 Å². The van der Waals surface area contributed by atoms with Gasteiger partial charge in [0.25, 0.3) is 0 Å². The van der Waals surface area contributed by atoms with Gasteiger partial charge in [-0.15, -0.1) is 0 Å². The van der Waals surface area contributed by atoms with Gasteiger partial charge < -0.3 is 9.47 Å². The second-order valence-electron chi connectivity index (χ2n) is 4.37. The zero-order valence-electron chi connectivity index (χ0n) is 11.8. The molecular weight excluding hydrogens is 256 g/mol. The molecule has 0 unspecified atom stereocenters. The van der Waals surface area contributed by atoms with Crippen molar-refractivity contribution in [3.63, 3.8) is 0 Å². The number of ether oxygens (including phenoxy) is 2. The van der Waals surface area contributed by atoms with Crippen LogP contribution in [-0.2, 0) is 25.5 Å². The van der Waals surface area contributed by atoms with Crippen molar-refractivity contribution in [2.45, 2.75) is 26.2 Å². The minimum absolute atomic E-state index is 0.121. The van der Waals surface area contributed by atoms with Crippen LogP contribution in [-0.4, -0.2) is 25.2 Å². The van der Waals surface area contributed by atoms with Crippen LogP contribution in [0.15, 0.2) is 42.5 Å². The first-order chi connectivity index (χ1) is 9.63. The monoisotopic (exact) mass is 276 g/mol. The molecule has 0 aliphatic carbocycles. The third-order valence-corrected chi connectivity index (χ3v) is 2.58. The third-order valence-electron chi connectivity index (χ3n) is 2.58. The molecule has 0 aromatic heterocycles. The number of benzene rings is 1. The van der Waals surface area contributed by atoms with E-state index in [1.807, 2.05) is 37.3 Å². The SMILES string of the molecule is C=C(CC(=O)OCCC)C(=O)OCCc1ccccc1. The molecule has 0 aliphatic heterocycles. The molecule has 0 fully saturated rings. The first kappa shape index (κ1) is 16.0. The Kier molecular flexibility index (Phi) is 7.11. The molecular formula is C16H20O4. The van der Waals surface area contributed by atoms with Gasteiger partial charge in [0.15, 0.2) is 0 Å². The highest BCUT2D eigenvalue weighted by Crippen LogP contribution is 2.05. The summed E-state index contributed by atoms with van der Waals surface area (Å²) in [5.41, 5.74) is 1.22. The predicted octanol–water partition coefficient (Wildman–Crippen LogP) is 2.67. The van der Waals surface area contributed by atoms with Gasteiger partial charge in [-0.2, -0.15) is 0 Å². The molecule has 0 spiro atoms. The Hall–Kier alpha value is -2.10. The van der Waals surface area contributed by atoms with Gasteiger partial charge in [-0.1, -0.05) is 43.8 Å². The maximum absolute atomic E-state index is 11.6. The number of hydrogen-bond donors (Lipinski definition) is 0. The first-order valence-corrected chi connectivity index (χ1v) is 6.68. The molecule has 0 heterocycles. The summed E-state index contributed by atoms with van der Waals surface area (Å²) in [6.45, 7) is 6.08. The molecule has 1 aromatic carbocycles. The average Bonchev–Trinajstić information content (AvgIpc) is 2.46. The summed E-state index contributed by atoms with van der Waals surface area (Å²) in [5.74, 6) is -0.994. The fourth-order valence-corrected chi connectivity index (χ4v) is 1.52. The molecule has 108 valence electrons. The van der Waals surface area contributed by atoms with Crippen molar-refractivity contribution in [1.29, 1.82) is 0 Å². The van der Waals surface area contributed by atoms with Gasteiger partial charge >= 0.3 is 11.9 Å². The summed E-state index contributed by atoms with van der Waals surface area (Å²) in [6, 6.07) is 9.72. The Morgan fingerprint density at radius 2 is 1.80 bits per heavy atom. The summed E-state index contributed by atoms with van der Waals surface area (Å²) < 4.78 is 9.95. The van der Waals surface area contributed by atoms with Crippen LogP contribution in [0.2, 0.25) is 0 Å². The van der Waals surface area contributed by atoms with E-state index in [-0.39, 0.29) is 18.6 Å². The first-order valence-electron chi connectivity index (χ1n) is 6.68. The van der Waals surface area contributed by atoms with Crippen LogP contribution in [0.4, 0.5) is 0 Å². The fourth-order valence-electron chi connectivity index (χ4n) is 1.52. The fraction of sp³-hybridized carbons (Fsp3) is 0.375. The highest BCUT2D eigenvalue weighted by atomic mass is 16.5. The van der Waals surface area contributed by atoms with Crippen molar-refractivity contribution in [2.75, 3.05) is 13.2 Å². The largest absolute Gasteiger partial charge is 0.465 e. The van der Waals surface area contributed by atoms with E-state index in [0.717, 1.165) is 12.0 Å². The van der Waals surface area contributed by atoms with E-state index < -0.39 is 11.9 Å². The number of esters is 2. The third kappa shape index (κ3) is 6.18. The summed E-state index contributed by atoms with van der Waals surface area (Å²) in [6.07, 6.45) is 1.27. The second-order valence-corrected chi connectivity index (χ2v) is 4.37. The molecule has 4 heteroatoms. The van der Waals surface area contributed by atoms with Crippen LogP contribution in [0.3, 0.4) is 0 Å². The highest BCUT2D eigenvalue weighted by molar-refractivity contribution is 5.93. The van der Waals surface area contributed by atoms with Gasteiger partial charge in [0.1, 0.15) is 0 Å². The van der Waals surface area contributed by atoms with Gasteiger partial charge in [-0.05, 0) is 12.0 Å². The van der Waals surface area contributed by atoms with E-state index in [2.05, 4.69) is 6.58 Å². The maximum atomic E-state index is 11.6. The molecule has 1 aromatic rings. The molecule has 0 N–H and O–H groups in total. The Labute approximate surface area is 119 Å². The zero-order valence-corrected chi connectivity index (χ0v) is 11.8. The molecule has 0 atom stereocenters. The van der Waals surface area contributed by atoms with Crippen molar-refractivity contribution >= 4 is 11.9 Å². The van der Waals surface area contributed by atoms with Crippen LogP contribution in [0.25, 0.3) is 0 Å². The number of carbonyl (C=O) groups is 2. The summed E-state index contributed by atoms with van der Waals surface area (Å²) >= 11 is 0. The van der Waals surface area contributed by atoms with Crippen molar-refractivity contribution in [3.05, 3.63) is 48.0 Å². The van der Waals surface area contributed by atoms with Crippen molar-refractivity contribution in [3.8, 4) is 0 Å². The van der Waals surface area contributed by atoms with E-state index in [1.165, 1.54) is 0 Å². The van der Waals surface area contributed by atoms with E-state index in [9.17, 15) is 9.59 Å². The molecule has 0 radical (unpaired) electrons. The van der Waals surface area contributed by atoms with Crippen LogP contribution < -0.4 is 0 Å². The van der Waals surface area contributed by atoms with Gasteiger partial charge in [-0.3, -0.25) is 4.79 Å². The summed E-state index contributed by atoms with van der Waals surface area (Å²) in [4.78, 5) is 22.9. The van der Waals surface area contributed by atoms with Gasteiger partial charge in [-0.25, -0.2) is 4.79 Å². The van der Waals surface area contributed by atoms with Crippen LogP contribution in [0.1, 0.15) is 25.3 Å². The minimum atomic E-state index is -0.547. The lowest BCUT2D eigenvalue weighted by atomic mass is 10.2. The Morgan fingerprint density at radius 1 is 1.10 bits per heavy atom. The number of rotatable bonds is 8. The summed E-state index contributed by atoms with van der Waals surface area (Å²) in [7, 11) is 0. The standard InChI is InChI=1S/C16H20O4/c1-3-10-19-15(17)12-13(2)16(18)20-11-9-14-7-5-4-6-8-14/h4-8H,2-3,9-12H2,1H3. The summed E-state index contributed by atoms with van der Waals surface area (Å²) in [5, 5.41) is 0. The van der Waals surface area contributed by atoms with Crippen molar-refractivity contribution in [2.24, 2.45) is 0 Å². The van der Waals surface area contributed by atoms with E-state index in [4.69, 9.17) is 9.47 Å². The zero-order chi connectivity index (χ0) is 14.8. The highest BCUT2D eigenvalue weighted by Gasteiger charge is 2.13. The van der Waals surface area contributed by atoms with Crippen molar-refractivity contribution < 1.29 is 19.1 Å². The van der Waals surface area contributed by atoms with Gasteiger partial charge in [0.2, 0.25) is 0 Å². The average molecular weight is 276 g/mol. The molecule has 0 saturated carbocycles. The number of carbonyl (C=O) groups excluding carboxylic acids is 2. The Morgan fingerprint density at radius 3 is 2.45 bits per heavy atom. The number of hydrogen-bond acceptors (Lipinski definition) is 4. The molecule has 0 amide bonds. The lowest BCUT2D eigenvalue weighted by Crippen LogP contribution is -2.14. The predicted molar refractivity (Wildman–Crippen MR) is 76.1 cm³/mol. The second kappa shape index (κ2) is 8.91. The normalized spacial score (nSPS) is 9.85. The van der Waals surface area contributed by atoms with Gasteiger partial charge in [0.05, 0.1) is 19.6 Å². The Bertz CT molecular complexity index is 451. The molecule has 0 aliphatic rings. The molecule has 0 saturated heterocycles. The Balaban J connectivity index is 2.25. The molecule has 4 nitrogen and oxygen atoms in total. The van der Waals surface area contributed by atoms with E-state index in [1.54, 1.807) is 0 Å².